The Hall–Kier alpha value is -3.98. The van der Waals surface area contributed by atoms with Gasteiger partial charge in [0.25, 0.3) is 0 Å². The Morgan fingerprint density at radius 1 is 1.23 bits per heavy atom. The first kappa shape index (κ1) is 26.6. The number of pyridine rings is 2. The molecule has 3 aliphatic rings. The molecule has 208 valence electrons. The van der Waals surface area contributed by atoms with Crippen LogP contribution in [0.25, 0.3) is 5.65 Å². The van der Waals surface area contributed by atoms with Crippen LogP contribution in [0.5, 0.6) is 0 Å². The number of aliphatic carboxylic acids is 1. The van der Waals surface area contributed by atoms with Crippen molar-refractivity contribution in [3.63, 3.8) is 0 Å². The molecular weight excluding hydrogens is 526 g/mol. The number of aryl methyl sites for hydroxylation is 1. The van der Waals surface area contributed by atoms with E-state index in [0.29, 0.717) is 23.7 Å². The molecular formula is C24H25F4N7O4. The minimum Gasteiger partial charge on any atom is -0.475 e. The molecule has 0 saturated carbocycles. The van der Waals surface area contributed by atoms with Gasteiger partial charge in [-0.05, 0) is 19.4 Å². The van der Waals surface area contributed by atoms with Crippen molar-refractivity contribution in [3.05, 3.63) is 47.8 Å². The van der Waals surface area contributed by atoms with Gasteiger partial charge in [0.05, 0.1) is 30.1 Å². The van der Waals surface area contributed by atoms with Crippen LogP contribution in [0.3, 0.4) is 0 Å². The monoisotopic (exact) mass is 551 g/mol. The summed E-state index contributed by atoms with van der Waals surface area (Å²) >= 11 is 0. The first-order chi connectivity index (χ1) is 18.5. The fourth-order valence-electron chi connectivity index (χ4n) is 4.91. The second-order valence-electron chi connectivity index (χ2n) is 9.58. The summed E-state index contributed by atoms with van der Waals surface area (Å²) in [6.07, 6.45) is 0.789. The van der Waals surface area contributed by atoms with E-state index in [1.54, 1.807) is 34.8 Å². The lowest BCUT2D eigenvalue weighted by atomic mass is 9.93. The third-order valence-electron chi connectivity index (χ3n) is 6.69. The number of piperazine rings is 1. The number of alkyl halides is 3. The summed E-state index contributed by atoms with van der Waals surface area (Å²) < 4.78 is 53.2. The fourth-order valence-corrected chi connectivity index (χ4v) is 4.91. The molecule has 2 saturated heterocycles. The van der Waals surface area contributed by atoms with Gasteiger partial charge < -0.3 is 29.8 Å². The number of amides is 2. The van der Waals surface area contributed by atoms with Crippen LogP contribution in [0.15, 0.2) is 30.7 Å². The minimum atomic E-state index is -5.08. The van der Waals surface area contributed by atoms with E-state index < -0.39 is 18.0 Å². The number of anilines is 3. The van der Waals surface area contributed by atoms with Gasteiger partial charge in [0.15, 0.2) is 11.5 Å². The second-order valence-corrected chi connectivity index (χ2v) is 9.58. The maximum atomic E-state index is 14.4. The van der Waals surface area contributed by atoms with E-state index in [2.05, 4.69) is 25.5 Å². The molecule has 0 radical (unpaired) electrons. The highest BCUT2D eigenvalue weighted by Gasteiger charge is 2.43. The minimum absolute atomic E-state index is 0.0263. The molecule has 39 heavy (non-hydrogen) atoms. The average Bonchev–Trinajstić information content (AvgIpc) is 3.46. The molecule has 0 bridgehead atoms. The lowest BCUT2D eigenvalue weighted by Gasteiger charge is -2.49. The zero-order chi connectivity index (χ0) is 27.9. The highest BCUT2D eigenvalue weighted by atomic mass is 19.4. The molecule has 2 amide bonds. The van der Waals surface area contributed by atoms with Gasteiger partial charge in [-0.15, -0.1) is 0 Å². The Bertz CT molecular complexity index is 1420. The van der Waals surface area contributed by atoms with E-state index in [1.807, 2.05) is 6.07 Å². The summed E-state index contributed by atoms with van der Waals surface area (Å²) in [7, 11) is 0. The molecule has 0 aliphatic carbocycles. The number of carboxylic acids is 1. The number of urea groups is 1. The molecule has 1 spiro atoms. The zero-order valence-electron chi connectivity index (χ0n) is 20.8. The Morgan fingerprint density at radius 3 is 2.64 bits per heavy atom. The lowest BCUT2D eigenvalue weighted by molar-refractivity contribution is -0.192. The van der Waals surface area contributed by atoms with Crippen molar-refractivity contribution < 1.29 is 37.0 Å². The van der Waals surface area contributed by atoms with Gasteiger partial charge in [-0.2, -0.15) is 13.2 Å². The highest BCUT2D eigenvalue weighted by Crippen LogP contribution is 2.36. The van der Waals surface area contributed by atoms with E-state index >= 15 is 0 Å². The van der Waals surface area contributed by atoms with E-state index in [9.17, 15) is 22.4 Å². The summed E-state index contributed by atoms with van der Waals surface area (Å²) in [4.78, 5) is 34.6. The number of carbonyl (C=O) groups excluding carboxylic acids is 1. The average molecular weight is 552 g/mol. The van der Waals surface area contributed by atoms with Gasteiger partial charge in [-0.25, -0.2) is 23.9 Å². The SMILES string of the molecule is Cc1cn2cc(NC(=O)N3CCc4c(N5CCNC6(COC6)C5)ccnc43)cc(F)c2n1.O=C(O)C(F)(F)F. The molecule has 15 heteroatoms. The van der Waals surface area contributed by atoms with Gasteiger partial charge in [0.2, 0.25) is 0 Å². The van der Waals surface area contributed by atoms with Gasteiger partial charge in [0, 0.05) is 62.1 Å². The normalized spacial score (nSPS) is 17.9. The molecule has 3 aromatic rings. The molecule has 0 aromatic carbocycles. The summed E-state index contributed by atoms with van der Waals surface area (Å²) in [6, 6.07) is 3.00. The Labute approximate surface area is 219 Å². The quantitative estimate of drug-likeness (QED) is 0.416. The molecule has 3 aliphatic heterocycles. The highest BCUT2D eigenvalue weighted by molar-refractivity contribution is 6.03. The number of fused-ring (bicyclic) bond motifs is 2. The lowest BCUT2D eigenvalue weighted by Crippen LogP contribution is -2.70. The van der Waals surface area contributed by atoms with E-state index in [1.165, 1.54) is 6.07 Å². The number of nitrogens with one attached hydrogen (secondary N) is 2. The molecule has 0 unspecified atom stereocenters. The first-order valence-corrected chi connectivity index (χ1v) is 12.0. The number of ether oxygens (including phenoxy) is 1. The molecule has 3 aromatic heterocycles. The molecule has 0 atom stereocenters. The Morgan fingerprint density at radius 2 is 1.97 bits per heavy atom. The van der Waals surface area contributed by atoms with Crippen LogP contribution < -0.4 is 20.4 Å². The summed E-state index contributed by atoms with van der Waals surface area (Å²) in [5, 5.41) is 13.5. The first-order valence-electron chi connectivity index (χ1n) is 12.0. The van der Waals surface area contributed by atoms with Crippen molar-refractivity contribution in [2.24, 2.45) is 0 Å². The van der Waals surface area contributed by atoms with Crippen LogP contribution in [0.1, 0.15) is 11.3 Å². The van der Waals surface area contributed by atoms with Crippen LogP contribution >= 0.6 is 0 Å². The van der Waals surface area contributed by atoms with Gasteiger partial charge in [-0.1, -0.05) is 0 Å². The fraction of sp³-hybridized carbons (Fsp3) is 0.417. The number of hydrogen-bond donors (Lipinski definition) is 3. The standard InChI is InChI=1S/C22H24FN7O2.C2HF3O2/c1-14-9-29-10-15(8-17(23)20(29)26-14)27-21(31)30-6-3-16-18(2-4-24-19(16)30)28-7-5-25-22(11-28)12-32-13-22;3-2(4,5)1(6)7/h2,4,8-10,25H,3,5-7,11-13H2,1H3,(H,27,31);(H,6,7). The number of hydrogen-bond acceptors (Lipinski definition) is 7. The maximum absolute atomic E-state index is 14.4. The van der Waals surface area contributed by atoms with Crippen LogP contribution in [0, 0.1) is 12.7 Å². The van der Waals surface area contributed by atoms with Crippen LogP contribution in [-0.4, -0.2) is 82.6 Å². The number of aromatic nitrogens is 3. The predicted molar refractivity (Wildman–Crippen MR) is 132 cm³/mol. The molecule has 11 nitrogen and oxygen atoms in total. The number of imidazole rings is 1. The zero-order valence-corrected chi connectivity index (χ0v) is 20.8. The number of nitrogens with zero attached hydrogens (tertiary/aromatic N) is 5. The van der Waals surface area contributed by atoms with Crippen molar-refractivity contribution in [2.75, 3.05) is 54.5 Å². The molecule has 3 N–H and O–H groups in total. The van der Waals surface area contributed by atoms with Gasteiger partial charge in [0.1, 0.15) is 5.82 Å². The Balaban J connectivity index is 0.000000392. The van der Waals surface area contributed by atoms with Crippen LogP contribution in [0.2, 0.25) is 0 Å². The van der Waals surface area contributed by atoms with Crippen LogP contribution in [-0.2, 0) is 16.0 Å². The summed E-state index contributed by atoms with van der Waals surface area (Å²) in [5.41, 5.74) is 3.55. The summed E-state index contributed by atoms with van der Waals surface area (Å²) in [5.74, 6) is -2.57. The van der Waals surface area contributed by atoms with Gasteiger partial charge >= 0.3 is 18.2 Å². The predicted octanol–water partition coefficient (Wildman–Crippen LogP) is 2.58. The topological polar surface area (TPSA) is 124 Å². The largest absolute Gasteiger partial charge is 0.490 e. The maximum Gasteiger partial charge on any atom is 0.490 e. The van der Waals surface area contributed by atoms with Crippen LogP contribution in [0.4, 0.5) is 39.5 Å². The third-order valence-corrected chi connectivity index (χ3v) is 6.69. The molecule has 2 fully saturated rings. The van der Waals surface area contributed by atoms with Crippen molar-refractivity contribution >= 4 is 34.8 Å². The third kappa shape index (κ3) is 5.31. The van der Waals surface area contributed by atoms with E-state index in [4.69, 9.17) is 14.6 Å². The van der Waals surface area contributed by atoms with Gasteiger partial charge in [-0.3, -0.25) is 4.90 Å². The van der Waals surface area contributed by atoms with Crippen molar-refractivity contribution in [2.45, 2.75) is 25.1 Å². The van der Waals surface area contributed by atoms with Crippen molar-refractivity contribution in [3.8, 4) is 0 Å². The number of carboxylic acid groups (broad SMARTS) is 1. The number of rotatable bonds is 2. The number of carbonyl (C=O) groups is 2. The Kier molecular flexibility index (Phi) is 6.80. The number of halogens is 4. The second kappa shape index (κ2) is 9.96. The molecule has 6 heterocycles. The van der Waals surface area contributed by atoms with E-state index in [-0.39, 0.29) is 17.2 Å². The van der Waals surface area contributed by atoms with Crippen molar-refractivity contribution in [1.29, 1.82) is 0 Å². The summed E-state index contributed by atoms with van der Waals surface area (Å²) in [6.45, 7) is 6.44. The van der Waals surface area contributed by atoms with E-state index in [0.717, 1.165) is 50.5 Å². The molecule has 6 rings (SSSR count). The van der Waals surface area contributed by atoms with Crippen molar-refractivity contribution in [1.82, 2.24) is 19.7 Å². The smallest absolute Gasteiger partial charge is 0.475 e.